The van der Waals surface area contributed by atoms with Crippen molar-refractivity contribution in [2.75, 3.05) is 12.3 Å². The molecular weight excluding hydrogens is 496 g/mol. The first-order valence-corrected chi connectivity index (χ1v) is 10.5. The van der Waals surface area contributed by atoms with Crippen molar-refractivity contribution in [2.45, 2.75) is 63.5 Å². The minimum atomic E-state index is -4.39. The van der Waals surface area contributed by atoms with E-state index in [4.69, 9.17) is 0 Å². The Labute approximate surface area is 178 Å². The fourth-order valence-corrected chi connectivity index (χ4v) is 4.73. The second-order valence-electron chi connectivity index (χ2n) is 5.90. The molecule has 10 heteroatoms. The number of rotatable bonds is 6. The van der Waals surface area contributed by atoms with Gasteiger partial charge in [-0.15, -0.1) is 35.3 Å². The van der Waals surface area contributed by atoms with Crippen LogP contribution in [-0.2, 0) is 12.7 Å². The molecule has 2 unspecified atom stereocenters. The van der Waals surface area contributed by atoms with E-state index in [0.29, 0.717) is 28.8 Å². The fraction of sp³-hybridized carbons (Fsp3) is 0.750. The van der Waals surface area contributed by atoms with Crippen LogP contribution in [0.25, 0.3) is 0 Å². The summed E-state index contributed by atoms with van der Waals surface area (Å²) in [6, 6.07) is 0.359. The molecule has 0 aliphatic heterocycles. The first-order valence-electron chi connectivity index (χ1n) is 8.60. The van der Waals surface area contributed by atoms with Gasteiger partial charge in [0.05, 0.1) is 6.54 Å². The van der Waals surface area contributed by atoms with E-state index in [-0.39, 0.29) is 30.5 Å². The maximum absolute atomic E-state index is 12.6. The number of halogens is 4. The van der Waals surface area contributed by atoms with Crippen LogP contribution in [0.15, 0.2) is 10.4 Å². The van der Waals surface area contributed by atoms with Gasteiger partial charge >= 0.3 is 6.18 Å². The van der Waals surface area contributed by atoms with Gasteiger partial charge in [-0.05, 0) is 31.9 Å². The van der Waals surface area contributed by atoms with Crippen molar-refractivity contribution in [2.24, 2.45) is 4.99 Å². The van der Waals surface area contributed by atoms with Crippen molar-refractivity contribution in [3.63, 3.8) is 0 Å². The number of alkyl halides is 3. The molecule has 4 nitrogen and oxygen atoms in total. The standard InChI is InChI=1S/C16H25F3N4S2.HI/c1-3-20-15(22-11-6-5-7-12(8-11)24-4-2)21-9-14-23-13(10-25-14)16(17,18)19;/h10-12H,3-9H2,1-2H3,(H2,20,21,22);1H. The second kappa shape index (κ2) is 11.6. The summed E-state index contributed by atoms with van der Waals surface area (Å²) in [5.74, 6) is 1.77. The van der Waals surface area contributed by atoms with Gasteiger partial charge in [0.15, 0.2) is 11.7 Å². The van der Waals surface area contributed by atoms with E-state index >= 15 is 0 Å². The van der Waals surface area contributed by atoms with Crippen molar-refractivity contribution in [1.29, 1.82) is 0 Å². The molecule has 26 heavy (non-hydrogen) atoms. The smallest absolute Gasteiger partial charge is 0.357 e. The molecule has 1 aliphatic rings. The third-order valence-corrected chi connectivity index (χ3v) is 5.99. The summed E-state index contributed by atoms with van der Waals surface area (Å²) < 4.78 is 37.8. The Kier molecular flexibility index (Phi) is 10.6. The van der Waals surface area contributed by atoms with Crippen LogP contribution in [0.5, 0.6) is 0 Å². The number of hydrogen-bond donors (Lipinski definition) is 2. The SMILES string of the molecule is CCNC(=NCc1nc(C(F)(F)F)cs1)NC1CCCC(SCC)C1.I. The molecule has 1 saturated carbocycles. The molecular formula is C16H26F3IN4S2. The Morgan fingerprint density at radius 3 is 2.77 bits per heavy atom. The first kappa shape index (κ1) is 23.8. The lowest BCUT2D eigenvalue weighted by Crippen LogP contribution is -2.45. The second-order valence-corrected chi connectivity index (χ2v) is 8.42. The predicted octanol–water partition coefficient (Wildman–Crippen LogP) is 4.90. The van der Waals surface area contributed by atoms with E-state index in [1.165, 1.54) is 12.8 Å². The van der Waals surface area contributed by atoms with E-state index in [0.717, 1.165) is 35.3 Å². The number of guanidine groups is 1. The van der Waals surface area contributed by atoms with Gasteiger partial charge in [-0.2, -0.15) is 24.9 Å². The van der Waals surface area contributed by atoms with Crippen molar-refractivity contribution in [3.8, 4) is 0 Å². The molecule has 0 amide bonds. The summed E-state index contributed by atoms with van der Waals surface area (Å²) in [4.78, 5) is 8.04. The van der Waals surface area contributed by atoms with Gasteiger partial charge in [-0.1, -0.05) is 13.3 Å². The van der Waals surface area contributed by atoms with Crippen LogP contribution in [0, 0.1) is 0 Å². The zero-order valence-electron chi connectivity index (χ0n) is 14.9. The molecule has 1 aromatic rings. The number of nitrogens with one attached hydrogen (secondary N) is 2. The van der Waals surface area contributed by atoms with Crippen LogP contribution in [-0.4, -0.2) is 34.5 Å². The number of thiazole rings is 1. The van der Waals surface area contributed by atoms with Crippen molar-refractivity contribution < 1.29 is 13.2 Å². The van der Waals surface area contributed by atoms with Crippen LogP contribution in [0.4, 0.5) is 13.2 Å². The number of nitrogens with zero attached hydrogens (tertiary/aromatic N) is 2. The molecule has 2 atom stereocenters. The van der Waals surface area contributed by atoms with Crippen molar-refractivity contribution in [1.82, 2.24) is 15.6 Å². The molecule has 0 saturated heterocycles. The summed E-state index contributed by atoms with van der Waals surface area (Å²) in [6.07, 6.45) is 0.244. The summed E-state index contributed by atoms with van der Waals surface area (Å²) in [7, 11) is 0. The first-order chi connectivity index (χ1) is 11.9. The zero-order chi connectivity index (χ0) is 18.3. The number of aromatic nitrogens is 1. The van der Waals surface area contributed by atoms with Crippen LogP contribution < -0.4 is 10.6 Å². The Morgan fingerprint density at radius 2 is 2.15 bits per heavy atom. The van der Waals surface area contributed by atoms with Crippen molar-refractivity contribution in [3.05, 3.63) is 16.1 Å². The minimum absolute atomic E-state index is 0. The number of thioether (sulfide) groups is 1. The fourth-order valence-electron chi connectivity index (χ4n) is 2.84. The molecule has 150 valence electrons. The molecule has 0 radical (unpaired) electrons. The van der Waals surface area contributed by atoms with Gasteiger partial charge in [0.2, 0.25) is 0 Å². The lowest BCUT2D eigenvalue weighted by atomic mass is 9.95. The highest BCUT2D eigenvalue weighted by atomic mass is 127. The predicted molar refractivity (Wildman–Crippen MR) is 115 cm³/mol. The van der Waals surface area contributed by atoms with Crippen LogP contribution in [0.1, 0.15) is 50.2 Å². The molecule has 1 fully saturated rings. The van der Waals surface area contributed by atoms with Gasteiger partial charge in [0.1, 0.15) is 5.01 Å². The molecule has 1 heterocycles. The topological polar surface area (TPSA) is 49.3 Å². The highest BCUT2D eigenvalue weighted by Crippen LogP contribution is 2.30. The largest absolute Gasteiger partial charge is 0.434 e. The Morgan fingerprint density at radius 1 is 1.38 bits per heavy atom. The van der Waals surface area contributed by atoms with Gasteiger partial charge in [0.25, 0.3) is 0 Å². The lowest BCUT2D eigenvalue weighted by molar-refractivity contribution is -0.140. The molecule has 0 bridgehead atoms. The quantitative estimate of drug-likeness (QED) is 0.317. The summed E-state index contributed by atoms with van der Waals surface area (Å²) in [5.41, 5.74) is -0.840. The van der Waals surface area contributed by atoms with E-state index < -0.39 is 11.9 Å². The van der Waals surface area contributed by atoms with E-state index in [1.54, 1.807) is 0 Å². The zero-order valence-corrected chi connectivity index (χ0v) is 18.9. The van der Waals surface area contributed by atoms with Gasteiger partial charge < -0.3 is 10.6 Å². The van der Waals surface area contributed by atoms with E-state index in [9.17, 15) is 13.2 Å². The Balaban J connectivity index is 0.00000338. The molecule has 1 aliphatic carbocycles. The monoisotopic (exact) mass is 522 g/mol. The summed E-state index contributed by atoms with van der Waals surface area (Å²) in [5, 5.41) is 8.69. The molecule has 0 spiro atoms. The van der Waals surface area contributed by atoms with Gasteiger partial charge in [0, 0.05) is 23.2 Å². The average Bonchev–Trinajstić information content (AvgIpc) is 3.03. The number of aliphatic imine (C=N–C) groups is 1. The Hall–Kier alpha value is -0.230. The molecule has 1 aromatic heterocycles. The third-order valence-electron chi connectivity index (χ3n) is 3.93. The van der Waals surface area contributed by atoms with Gasteiger partial charge in [-0.3, -0.25) is 0 Å². The lowest BCUT2D eigenvalue weighted by Gasteiger charge is -2.30. The molecule has 2 rings (SSSR count). The normalized spacial score (nSPS) is 21.2. The van der Waals surface area contributed by atoms with Crippen LogP contribution >= 0.6 is 47.1 Å². The molecule has 0 aromatic carbocycles. The number of hydrogen-bond acceptors (Lipinski definition) is 4. The highest BCUT2D eigenvalue weighted by Gasteiger charge is 2.33. The molecule has 2 N–H and O–H groups in total. The summed E-state index contributed by atoms with van der Waals surface area (Å²) in [6.45, 7) is 5.00. The van der Waals surface area contributed by atoms with Crippen LogP contribution in [0.3, 0.4) is 0 Å². The highest BCUT2D eigenvalue weighted by molar-refractivity contribution is 14.0. The van der Waals surface area contributed by atoms with Crippen LogP contribution in [0.2, 0.25) is 0 Å². The average molecular weight is 522 g/mol. The minimum Gasteiger partial charge on any atom is -0.357 e. The third kappa shape index (κ3) is 7.79. The van der Waals surface area contributed by atoms with Gasteiger partial charge in [-0.25, -0.2) is 9.98 Å². The summed E-state index contributed by atoms with van der Waals surface area (Å²) >= 11 is 2.99. The maximum Gasteiger partial charge on any atom is 0.434 e. The van der Waals surface area contributed by atoms with E-state index in [1.807, 2.05) is 18.7 Å². The Bertz CT molecular complexity index is 564. The van der Waals surface area contributed by atoms with E-state index in [2.05, 4.69) is 27.5 Å². The van der Waals surface area contributed by atoms with Crippen molar-refractivity contribution >= 4 is 53.0 Å². The maximum atomic E-state index is 12.6.